The Kier molecular flexibility index (Phi) is 4.49. The van der Waals surface area contributed by atoms with Crippen molar-refractivity contribution < 1.29 is 9.18 Å². The smallest absolute Gasteiger partial charge is 0.234 e. The number of rotatable bonds is 2. The molecule has 4 heteroatoms. The van der Waals surface area contributed by atoms with E-state index >= 15 is 0 Å². The highest BCUT2D eigenvalue weighted by atomic mass is 19.1. The standard InChI is InChI=1S/C12H13FN2O/c1-9-4-5-10(7-11(9)13)3-2-6-15-12(16)8-14/h4-5,7H,6,8,14H2,1H3,(H,15,16). The number of nitrogens with two attached hydrogens (primary N) is 1. The highest BCUT2D eigenvalue weighted by molar-refractivity contribution is 5.77. The van der Waals surface area contributed by atoms with Gasteiger partial charge in [0.25, 0.3) is 0 Å². The van der Waals surface area contributed by atoms with Gasteiger partial charge >= 0.3 is 0 Å². The number of hydrogen-bond acceptors (Lipinski definition) is 2. The first-order valence-electron chi connectivity index (χ1n) is 4.85. The predicted molar refractivity (Wildman–Crippen MR) is 60.1 cm³/mol. The minimum absolute atomic E-state index is 0.0547. The summed E-state index contributed by atoms with van der Waals surface area (Å²) in [5, 5.41) is 2.50. The maximum absolute atomic E-state index is 13.1. The Hall–Kier alpha value is -1.86. The molecule has 1 aromatic carbocycles. The summed E-state index contributed by atoms with van der Waals surface area (Å²) in [6, 6.07) is 4.76. The number of benzene rings is 1. The van der Waals surface area contributed by atoms with E-state index in [0.29, 0.717) is 11.1 Å². The number of halogens is 1. The Morgan fingerprint density at radius 2 is 2.31 bits per heavy atom. The van der Waals surface area contributed by atoms with Crippen molar-refractivity contribution in [1.82, 2.24) is 5.32 Å². The third-order valence-electron chi connectivity index (χ3n) is 1.96. The van der Waals surface area contributed by atoms with Gasteiger partial charge < -0.3 is 11.1 Å². The minimum atomic E-state index is -0.280. The van der Waals surface area contributed by atoms with Crippen LogP contribution in [0.25, 0.3) is 0 Å². The van der Waals surface area contributed by atoms with Crippen LogP contribution in [0.4, 0.5) is 4.39 Å². The fourth-order valence-electron chi connectivity index (χ4n) is 1.03. The summed E-state index contributed by atoms with van der Waals surface area (Å²) in [6.45, 7) is 1.85. The van der Waals surface area contributed by atoms with Crippen molar-refractivity contribution in [3.05, 3.63) is 35.1 Å². The number of hydrogen-bond donors (Lipinski definition) is 2. The van der Waals surface area contributed by atoms with E-state index in [1.54, 1.807) is 19.1 Å². The van der Waals surface area contributed by atoms with Gasteiger partial charge in [-0.15, -0.1) is 0 Å². The minimum Gasteiger partial charge on any atom is -0.344 e. The second kappa shape index (κ2) is 5.89. The molecule has 0 aliphatic heterocycles. The van der Waals surface area contributed by atoms with Gasteiger partial charge in [-0.1, -0.05) is 17.9 Å². The van der Waals surface area contributed by atoms with Crippen LogP contribution in [0.15, 0.2) is 18.2 Å². The van der Waals surface area contributed by atoms with Crippen molar-refractivity contribution in [3.63, 3.8) is 0 Å². The molecule has 0 saturated carbocycles. The van der Waals surface area contributed by atoms with Crippen molar-refractivity contribution in [1.29, 1.82) is 0 Å². The Morgan fingerprint density at radius 3 is 2.94 bits per heavy atom. The number of carbonyl (C=O) groups is 1. The van der Waals surface area contributed by atoms with E-state index < -0.39 is 0 Å². The molecule has 0 spiro atoms. The van der Waals surface area contributed by atoms with E-state index in [-0.39, 0.29) is 24.8 Å². The van der Waals surface area contributed by atoms with E-state index in [1.165, 1.54) is 6.07 Å². The molecule has 0 aliphatic carbocycles. The molecule has 0 radical (unpaired) electrons. The molecular weight excluding hydrogens is 207 g/mol. The first kappa shape index (κ1) is 12.2. The molecule has 0 aliphatic rings. The first-order valence-corrected chi connectivity index (χ1v) is 4.85. The highest BCUT2D eigenvalue weighted by Crippen LogP contribution is 2.07. The predicted octanol–water partition coefficient (Wildman–Crippen LogP) is 0.561. The summed E-state index contributed by atoms with van der Waals surface area (Å²) in [5.41, 5.74) is 6.27. The van der Waals surface area contributed by atoms with Crippen molar-refractivity contribution in [2.24, 2.45) is 5.73 Å². The highest BCUT2D eigenvalue weighted by Gasteiger charge is 1.96. The van der Waals surface area contributed by atoms with Gasteiger partial charge in [-0.3, -0.25) is 4.79 Å². The van der Waals surface area contributed by atoms with Crippen LogP contribution < -0.4 is 11.1 Å². The summed E-state index contributed by atoms with van der Waals surface area (Å²) < 4.78 is 13.1. The maximum atomic E-state index is 13.1. The molecule has 0 aromatic heterocycles. The van der Waals surface area contributed by atoms with Crippen LogP contribution in [0.2, 0.25) is 0 Å². The zero-order valence-electron chi connectivity index (χ0n) is 9.01. The van der Waals surface area contributed by atoms with Crippen molar-refractivity contribution in [2.75, 3.05) is 13.1 Å². The lowest BCUT2D eigenvalue weighted by Gasteiger charge is -1.96. The van der Waals surface area contributed by atoms with Gasteiger partial charge in [0.2, 0.25) is 5.91 Å². The van der Waals surface area contributed by atoms with E-state index in [9.17, 15) is 9.18 Å². The van der Waals surface area contributed by atoms with Crippen LogP contribution in [0.1, 0.15) is 11.1 Å². The van der Waals surface area contributed by atoms with Gasteiger partial charge in [0.15, 0.2) is 0 Å². The first-order chi connectivity index (χ1) is 7.63. The Bertz CT molecular complexity index is 446. The van der Waals surface area contributed by atoms with Gasteiger partial charge in [-0.05, 0) is 24.6 Å². The normalized spacial score (nSPS) is 9.19. The summed E-state index contributed by atoms with van der Waals surface area (Å²) in [7, 11) is 0. The number of nitrogens with one attached hydrogen (secondary N) is 1. The largest absolute Gasteiger partial charge is 0.344 e. The molecular formula is C12H13FN2O. The Labute approximate surface area is 93.8 Å². The second-order valence-electron chi connectivity index (χ2n) is 3.25. The molecule has 0 saturated heterocycles. The molecule has 84 valence electrons. The van der Waals surface area contributed by atoms with Crippen molar-refractivity contribution in [3.8, 4) is 11.8 Å². The second-order valence-corrected chi connectivity index (χ2v) is 3.25. The SMILES string of the molecule is Cc1ccc(C#CCNC(=O)CN)cc1F. The molecule has 1 rings (SSSR count). The van der Waals surface area contributed by atoms with Crippen LogP contribution in [-0.4, -0.2) is 19.0 Å². The van der Waals surface area contributed by atoms with Crippen LogP contribution >= 0.6 is 0 Å². The fraction of sp³-hybridized carbons (Fsp3) is 0.250. The summed E-state index contributed by atoms with van der Waals surface area (Å²) in [4.78, 5) is 10.8. The molecule has 1 aromatic rings. The van der Waals surface area contributed by atoms with Gasteiger partial charge in [-0.25, -0.2) is 4.39 Å². The number of carbonyl (C=O) groups excluding carboxylic acids is 1. The van der Waals surface area contributed by atoms with Crippen LogP contribution in [0, 0.1) is 24.6 Å². The zero-order chi connectivity index (χ0) is 12.0. The van der Waals surface area contributed by atoms with Crippen LogP contribution in [-0.2, 0) is 4.79 Å². The average molecular weight is 220 g/mol. The van der Waals surface area contributed by atoms with Crippen molar-refractivity contribution in [2.45, 2.75) is 6.92 Å². The quantitative estimate of drug-likeness (QED) is 0.715. The lowest BCUT2D eigenvalue weighted by Crippen LogP contribution is -2.30. The summed E-state index contributed by atoms with van der Waals surface area (Å²) in [6.07, 6.45) is 0. The van der Waals surface area contributed by atoms with E-state index in [1.807, 2.05) is 0 Å². The van der Waals surface area contributed by atoms with E-state index in [2.05, 4.69) is 17.2 Å². The topological polar surface area (TPSA) is 55.1 Å². The van der Waals surface area contributed by atoms with Gasteiger partial charge in [0, 0.05) is 5.56 Å². The molecule has 0 bridgehead atoms. The third-order valence-corrected chi connectivity index (χ3v) is 1.96. The molecule has 0 atom stereocenters. The Balaban J connectivity index is 2.56. The summed E-state index contributed by atoms with van der Waals surface area (Å²) in [5.74, 6) is 4.92. The molecule has 16 heavy (non-hydrogen) atoms. The van der Waals surface area contributed by atoms with Crippen molar-refractivity contribution >= 4 is 5.91 Å². The van der Waals surface area contributed by atoms with Crippen LogP contribution in [0.3, 0.4) is 0 Å². The van der Waals surface area contributed by atoms with Gasteiger partial charge in [0.05, 0.1) is 13.1 Å². The maximum Gasteiger partial charge on any atom is 0.234 e. The number of aryl methyl sites for hydroxylation is 1. The summed E-state index contributed by atoms with van der Waals surface area (Å²) >= 11 is 0. The fourth-order valence-corrected chi connectivity index (χ4v) is 1.03. The average Bonchev–Trinajstić information content (AvgIpc) is 2.28. The molecule has 0 unspecified atom stereocenters. The molecule has 3 nitrogen and oxygen atoms in total. The molecule has 1 amide bonds. The van der Waals surface area contributed by atoms with Gasteiger partial charge in [-0.2, -0.15) is 0 Å². The Morgan fingerprint density at radius 1 is 1.56 bits per heavy atom. The molecule has 0 heterocycles. The van der Waals surface area contributed by atoms with Crippen LogP contribution in [0.5, 0.6) is 0 Å². The molecule has 3 N–H and O–H groups in total. The van der Waals surface area contributed by atoms with E-state index in [0.717, 1.165) is 0 Å². The third kappa shape index (κ3) is 3.71. The monoisotopic (exact) mass is 220 g/mol. The van der Waals surface area contributed by atoms with E-state index in [4.69, 9.17) is 5.73 Å². The lowest BCUT2D eigenvalue weighted by atomic mass is 10.1. The molecule has 0 fully saturated rings. The van der Waals surface area contributed by atoms with Gasteiger partial charge in [0.1, 0.15) is 5.82 Å². The lowest BCUT2D eigenvalue weighted by molar-refractivity contribution is -0.119. The number of amides is 1. The zero-order valence-corrected chi connectivity index (χ0v) is 9.01.